The molecule has 0 aliphatic carbocycles. The van der Waals surface area contributed by atoms with Gasteiger partial charge < -0.3 is 14.8 Å². The molecule has 0 heterocycles. The Bertz CT molecular complexity index is 943. The first-order valence-electron chi connectivity index (χ1n) is 9.25. The minimum absolute atomic E-state index is 0.00144. The summed E-state index contributed by atoms with van der Waals surface area (Å²) in [7, 11) is -1.12. The summed E-state index contributed by atoms with van der Waals surface area (Å²) < 4.78 is 38.3. The number of nitrogens with one attached hydrogen (secondary N) is 1. The van der Waals surface area contributed by atoms with Crippen molar-refractivity contribution < 1.29 is 22.7 Å². The molecule has 0 saturated heterocycles. The van der Waals surface area contributed by atoms with Gasteiger partial charge in [-0.2, -0.15) is 0 Å². The van der Waals surface area contributed by atoms with E-state index in [1.807, 2.05) is 20.8 Å². The molecular formula is C21H28N2O5S. The molecule has 2 aromatic carbocycles. The molecule has 0 fully saturated rings. The summed E-state index contributed by atoms with van der Waals surface area (Å²) in [5.41, 5.74) is -0.0428. The number of amides is 1. The summed E-state index contributed by atoms with van der Waals surface area (Å²) >= 11 is 0. The van der Waals surface area contributed by atoms with Gasteiger partial charge >= 0.3 is 0 Å². The fraction of sp³-hybridized carbons (Fsp3) is 0.381. The normalized spacial score (nSPS) is 11.6. The molecule has 0 spiro atoms. The second-order valence-corrected chi connectivity index (χ2v) is 9.01. The van der Waals surface area contributed by atoms with Gasteiger partial charge in [0.15, 0.2) is 11.5 Å². The zero-order valence-electron chi connectivity index (χ0n) is 17.4. The van der Waals surface area contributed by atoms with Crippen molar-refractivity contribution in [1.29, 1.82) is 0 Å². The minimum atomic E-state index is -4.03. The molecule has 0 atom stereocenters. The van der Waals surface area contributed by atoms with E-state index < -0.39 is 15.6 Å². The highest BCUT2D eigenvalue weighted by molar-refractivity contribution is 7.92. The Kier molecular flexibility index (Phi) is 7.13. The monoisotopic (exact) mass is 420 g/mol. The van der Waals surface area contributed by atoms with Crippen LogP contribution in [0.2, 0.25) is 0 Å². The number of hydrogen-bond acceptors (Lipinski definition) is 5. The van der Waals surface area contributed by atoms with E-state index in [9.17, 15) is 13.2 Å². The van der Waals surface area contributed by atoms with E-state index in [-0.39, 0.29) is 23.1 Å². The molecule has 29 heavy (non-hydrogen) atoms. The lowest BCUT2D eigenvalue weighted by Crippen LogP contribution is -2.48. The minimum Gasteiger partial charge on any atom is -0.493 e. The molecule has 0 aliphatic rings. The Morgan fingerprint density at radius 3 is 2.21 bits per heavy atom. The number of carbonyl (C=O) groups is 1. The van der Waals surface area contributed by atoms with Crippen molar-refractivity contribution in [1.82, 2.24) is 5.32 Å². The Morgan fingerprint density at radius 2 is 1.66 bits per heavy atom. The molecule has 0 bridgehead atoms. The summed E-state index contributed by atoms with van der Waals surface area (Å²) in [4.78, 5) is 12.6. The van der Waals surface area contributed by atoms with Crippen LogP contribution in [-0.4, -0.2) is 40.6 Å². The van der Waals surface area contributed by atoms with Gasteiger partial charge in [-0.25, -0.2) is 8.42 Å². The fourth-order valence-corrected chi connectivity index (χ4v) is 4.09. The van der Waals surface area contributed by atoms with E-state index in [4.69, 9.17) is 9.47 Å². The molecule has 1 amide bonds. The number of para-hydroxylation sites is 1. The standard InChI is InChI=1S/C21H28N2O5S/c1-6-21(2,3)22-20(24)15-23(16-10-8-7-9-11-16)29(25,26)17-12-13-18(27-4)19(14-17)28-5/h7-14H,6,15H2,1-5H3,(H,22,24). The molecule has 158 valence electrons. The van der Waals surface area contributed by atoms with E-state index in [1.54, 1.807) is 30.3 Å². The molecule has 8 heteroatoms. The van der Waals surface area contributed by atoms with Crippen molar-refractivity contribution in [2.75, 3.05) is 25.1 Å². The van der Waals surface area contributed by atoms with E-state index in [0.717, 1.165) is 4.31 Å². The lowest BCUT2D eigenvalue weighted by molar-refractivity contribution is -0.121. The van der Waals surface area contributed by atoms with Crippen molar-refractivity contribution in [3.63, 3.8) is 0 Å². The number of ether oxygens (including phenoxy) is 2. The van der Waals surface area contributed by atoms with Gasteiger partial charge in [0.05, 0.1) is 24.8 Å². The van der Waals surface area contributed by atoms with Gasteiger partial charge in [0.2, 0.25) is 5.91 Å². The maximum atomic E-state index is 13.4. The van der Waals surface area contributed by atoms with Gasteiger partial charge in [-0.3, -0.25) is 9.10 Å². The molecule has 0 aromatic heterocycles. The number of benzene rings is 2. The van der Waals surface area contributed by atoms with Crippen molar-refractivity contribution in [3.05, 3.63) is 48.5 Å². The van der Waals surface area contributed by atoms with Gasteiger partial charge in [0, 0.05) is 11.6 Å². The van der Waals surface area contributed by atoms with Crippen molar-refractivity contribution in [3.8, 4) is 11.5 Å². The highest BCUT2D eigenvalue weighted by atomic mass is 32.2. The van der Waals surface area contributed by atoms with Crippen molar-refractivity contribution >= 4 is 21.6 Å². The summed E-state index contributed by atoms with van der Waals surface area (Å²) in [5, 5.41) is 2.88. The number of methoxy groups -OCH3 is 2. The summed E-state index contributed by atoms with van der Waals surface area (Å²) in [6.45, 7) is 5.39. The SMILES string of the molecule is CCC(C)(C)NC(=O)CN(c1ccccc1)S(=O)(=O)c1ccc(OC)c(OC)c1. The van der Waals surface area contributed by atoms with E-state index in [2.05, 4.69) is 5.32 Å². The van der Waals surface area contributed by atoms with Crippen molar-refractivity contribution in [2.24, 2.45) is 0 Å². The number of rotatable bonds is 9. The third kappa shape index (κ3) is 5.41. The first kappa shape index (κ1) is 22.5. The number of carbonyl (C=O) groups excluding carboxylic acids is 1. The third-order valence-electron chi connectivity index (χ3n) is 4.64. The Morgan fingerprint density at radius 1 is 1.03 bits per heavy atom. The maximum Gasteiger partial charge on any atom is 0.264 e. The molecule has 2 aromatic rings. The second-order valence-electron chi connectivity index (χ2n) is 7.15. The Balaban J connectivity index is 2.47. The number of anilines is 1. The van der Waals surface area contributed by atoms with Gasteiger partial charge in [-0.05, 0) is 44.5 Å². The smallest absolute Gasteiger partial charge is 0.264 e. The molecule has 1 N–H and O–H groups in total. The zero-order valence-corrected chi connectivity index (χ0v) is 18.2. The van der Waals surface area contributed by atoms with Crippen LogP contribution in [0.15, 0.2) is 53.4 Å². The predicted molar refractivity (Wildman–Crippen MR) is 113 cm³/mol. The van der Waals surface area contributed by atoms with Crippen LogP contribution in [0.3, 0.4) is 0 Å². The van der Waals surface area contributed by atoms with Crippen LogP contribution in [0.5, 0.6) is 11.5 Å². The highest BCUT2D eigenvalue weighted by Gasteiger charge is 2.29. The average molecular weight is 421 g/mol. The summed E-state index contributed by atoms with van der Waals surface area (Å²) in [6, 6.07) is 12.9. The van der Waals surface area contributed by atoms with Gasteiger partial charge in [-0.15, -0.1) is 0 Å². The first-order chi connectivity index (χ1) is 13.6. The van der Waals surface area contributed by atoms with Crippen molar-refractivity contribution in [2.45, 2.75) is 37.6 Å². The molecule has 0 aliphatic heterocycles. The van der Waals surface area contributed by atoms with E-state index in [1.165, 1.54) is 32.4 Å². The first-order valence-corrected chi connectivity index (χ1v) is 10.7. The molecule has 7 nitrogen and oxygen atoms in total. The Labute approximate surface area is 172 Å². The van der Waals surface area contributed by atoms with Gasteiger partial charge in [0.1, 0.15) is 6.54 Å². The molecule has 0 radical (unpaired) electrons. The predicted octanol–water partition coefficient (Wildman–Crippen LogP) is 3.20. The summed E-state index contributed by atoms with van der Waals surface area (Å²) in [6.07, 6.45) is 0.715. The van der Waals surface area contributed by atoms with E-state index in [0.29, 0.717) is 17.9 Å². The third-order valence-corrected chi connectivity index (χ3v) is 6.41. The van der Waals surface area contributed by atoms with Crippen LogP contribution in [0.25, 0.3) is 0 Å². The summed E-state index contributed by atoms with van der Waals surface area (Å²) in [5.74, 6) is 0.322. The van der Waals surface area contributed by atoms with Crippen LogP contribution >= 0.6 is 0 Å². The average Bonchev–Trinajstić information content (AvgIpc) is 2.71. The quantitative estimate of drug-likeness (QED) is 0.673. The Hall–Kier alpha value is -2.74. The number of sulfonamides is 1. The van der Waals surface area contributed by atoms with Gasteiger partial charge in [0.25, 0.3) is 10.0 Å². The van der Waals surface area contributed by atoms with Crippen LogP contribution in [-0.2, 0) is 14.8 Å². The maximum absolute atomic E-state index is 13.4. The largest absolute Gasteiger partial charge is 0.493 e. The molecule has 0 unspecified atom stereocenters. The topological polar surface area (TPSA) is 84.9 Å². The molecular weight excluding hydrogens is 392 g/mol. The van der Waals surface area contributed by atoms with Crippen LogP contribution < -0.4 is 19.1 Å². The van der Waals surface area contributed by atoms with Crippen LogP contribution in [0.1, 0.15) is 27.2 Å². The fourth-order valence-electron chi connectivity index (χ4n) is 2.65. The lowest BCUT2D eigenvalue weighted by Gasteiger charge is -2.28. The molecule has 0 saturated carbocycles. The highest BCUT2D eigenvalue weighted by Crippen LogP contribution is 2.32. The second kappa shape index (κ2) is 9.17. The lowest BCUT2D eigenvalue weighted by atomic mass is 10.0. The molecule has 2 rings (SSSR count). The van der Waals surface area contributed by atoms with Crippen LogP contribution in [0.4, 0.5) is 5.69 Å². The van der Waals surface area contributed by atoms with Gasteiger partial charge in [-0.1, -0.05) is 25.1 Å². The van der Waals surface area contributed by atoms with E-state index >= 15 is 0 Å². The van der Waals surface area contributed by atoms with Crippen LogP contribution in [0, 0.1) is 0 Å². The zero-order chi connectivity index (χ0) is 21.7. The number of hydrogen-bond donors (Lipinski definition) is 1. The number of nitrogens with zero attached hydrogens (tertiary/aromatic N) is 1.